The molecule has 4 saturated carbocycles. The van der Waals surface area contributed by atoms with Gasteiger partial charge in [-0.15, -0.1) is 0 Å². The Balaban J connectivity index is 1.41. The molecule has 0 amide bonds. The number of carbonyl (C=O) groups excluding carboxylic acids is 1. The standard InChI is InChI=1S/C29H32O4/c1-20(18-30)19-33-27-8-7-21(9-10-32-28(31)25-5-3-2-4-6-25)14-26(27)29-15-22-11-23(16-29)13-24(12-22)17-29/h2-8,14,20,22-24,30H,11-13,15-19H2,1H3. The molecule has 172 valence electrons. The zero-order valence-electron chi connectivity index (χ0n) is 19.3. The molecule has 0 aromatic heterocycles. The maximum Gasteiger partial charge on any atom is 0.352 e. The molecule has 2 aromatic rings. The van der Waals surface area contributed by atoms with Crippen LogP contribution in [0.3, 0.4) is 0 Å². The van der Waals surface area contributed by atoms with Crippen molar-refractivity contribution >= 4 is 5.97 Å². The quantitative estimate of drug-likeness (QED) is 0.483. The van der Waals surface area contributed by atoms with E-state index in [-0.39, 0.29) is 17.9 Å². The Morgan fingerprint density at radius 2 is 1.73 bits per heavy atom. The first-order valence-electron chi connectivity index (χ1n) is 12.2. The van der Waals surface area contributed by atoms with Crippen LogP contribution in [0.25, 0.3) is 0 Å². The van der Waals surface area contributed by atoms with E-state index in [9.17, 15) is 9.90 Å². The second kappa shape index (κ2) is 9.23. The Labute approximate surface area is 196 Å². The average Bonchev–Trinajstić information content (AvgIpc) is 2.82. The van der Waals surface area contributed by atoms with Gasteiger partial charge in [-0.05, 0) is 97.9 Å². The first-order valence-corrected chi connectivity index (χ1v) is 12.2. The van der Waals surface area contributed by atoms with Crippen molar-refractivity contribution in [2.75, 3.05) is 13.2 Å². The molecule has 6 rings (SSSR count). The number of esters is 1. The molecule has 4 bridgehead atoms. The Hall–Kier alpha value is -2.77. The summed E-state index contributed by atoms with van der Waals surface area (Å²) in [6.07, 6.45) is 10.4. The molecule has 0 spiro atoms. The molecule has 0 radical (unpaired) electrons. The van der Waals surface area contributed by atoms with Crippen molar-refractivity contribution in [3.8, 4) is 17.8 Å². The first-order chi connectivity index (χ1) is 16.0. The molecule has 4 aliphatic rings. The minimum Gasteiger partial charge on any atom is -0.493 e. The van der Waals surface area contributed by atoms with Crippen LogP contribution in [0.15, 0.2) is 48.5 Å². The smallest absolute Gasteiger partial charge is 0.352 e. The lowest BCUT2D eigenvalue weighted by molar-refractivity contribution is -0.00660. The van der Waals surface area contributed by atoms with Crippen LogP contribution in [0.2, 0.25) is 0 Å². The molecule has 33 heavy (non-hydrogen) atoms. The maximum atomic E-state index is 12.2. The van der Waals surface area contributed by atoms with E-state index < -0.39 is 5.97 Å². The Morgan fingerprint density at radius 1 is 1.06 bits per heavy atom. The van der Waals surface area contributed by atoms with Gasteiger partial charge < -0.3 is 14.6 Å². The van der Waals surface area contributed by atoms with Gasteiger partial charge in [0.25, 0.3) is 0 Å². The topological polar surface area (TPSA) is 55.8 Å². The van der Waals surface area contributed by atoms with Crippen molar-refractivity contribution in [3.63, 3.8) is 0 Å². The number of hydrogen-bond acceptors (Lipinski definition) is 4. The van der Waals surface area contributed by atoms with Crippen LogP contribution < -0.4 is 4.74 Å². The van der Waals surface area contributed by atoms with Gasteiger partial charge in [-0.25, -0.2) is 4.79 Å². The fraction of sp³-hybridized carbons (Fsp3) is 0.483. The number of aliphatic hydroxyl groups is 1. The molecule has 0 aliphatic heterocycles. The Kier molecular flexibility index (Phi) is 6.17. The summed E-state index contributed by atoms with van der Waals surface area (Å²) in [6.45, 7) is 2.60. The van der Waals surface area contributed by atoms with Crippen LogP contribution in [-0.2, 0) is 10.2 Å². The highest BCUT2D eigenvalue weighted by molar-refractivity contribution is 5.90. The van der Waals surface area contributed by atoms with Gasteiger partial charge in [-0.1, -0.05) is 25.1 Å². The fourth-order valence-corrected chi connectivity index (χ4v) is 6.64. The normalized spacial score (nSPS) is 28.0. The van der Waals surface area contributed by atoms with Gasteiger partial charge in [0.2, 0.25) is 0 Å². The molecule has 0 saturated heterocycles. The number of ether oxygens (including phenoxy) is 2. The van der Waals surface area contributed by atoms with E-state index in [1.165, 1.54) is 44.1 Å². The van der Waals surface area contributed by atoms with Crippen molar-refractivity contribution in [3.05, 3.63) is 65.2 Å². The van der Waals surface area contributed by atoms with Crippen LogP contribution in [0.5, 0.6) is 5.75 Å². The van der Waals surface area contributed by atoms with E-state index in [1.54, 1.807) is 24.3 Å². The number of aliphatic hydroxyl groups excluding tert-OH is 1. The molecular weight excluding hydrogens is 412 g/mol. The van der Waals surface area contributed by atoms with Crippen molar-refractivity contribution in [2.24, 2.45) is 23.7 Å². The van der Waals surface area contributed by atoms with Crippen molar-refractivity contribution in [1.29, 1.82) is 0 Å². The maximum absolute atomic E-state index is 12.2. The van der Waals surface area contributed by atoms with Crippen molar-refractivity contribution in [1.82, 2.24) is 0 Å². The van der Waals surface area contributed by atoms with E-state index >= 15 is 0 Å². The van der Waals surface area contributed by atoms with Crippen molar-refractivity contribution < 1.29 is 19.4 Å². The summed E-state index contributed by atoms with van der Waals surface area (Å²) < 4.78 is 11.4. The van der Waals surface area contributed by atoms with Gasteiger partial charge in [-0.2, -0.15) is 0 Å². The zero-order valence-corrected chi connectivity index (χ0v) is 19.3. The third-order valence-corrected chi connectivity index (χ3v) is 7.77. The van der Waals surface area contributed by atoms with Gasteiger partial charge in [0.1, 0.15) is 11.9 Å². The highest BCUT2D eigenvalue weighted by atomic mass is 16.5. The van der Waals surface area contributed by atoms with E-state index in [0.29, 0.717) is 12.2 Å². The molecular formula is C29H32O4. The molecule has 4 heteroatoms. The van der Waals surface area contributed by atoms with Crippen LogP contribution in [0, 0.1) is 35.7 Å². The summed E-state index contributed by atoms with van der Waals surface area (Å²) in [4.78, 5) is 12.2. The van der Waals surface area contributed by atoms with Crippen LogP contribution in [0.4, 0.5) is 0 Å². The molecule has 1 N–H and O–H groups in total. The highest BCUT2D eigenvalue weighted by Gasteiger charge is 2.52. The molecule has 0 heterocycles. The highest BCUT2D eigenvalue weighted by Crippen LogP contribution is 2.61. The summed E-state index contributed by atoms with van der Waals surface area (Å²) in [5.41, 5.74) is 2.74. The van der Waals surface area contributed by atoms with Gasteiger partial charge >= 0.3 is 5.97 Å². The molecule has 4 fully saturated rings. The van der Waals surface area contributed by atoms with Gasteiger partial charge in [0.15, 0.2) is 0 Å². The van der Waals surface area contributed by atoms with E-state index in [1.807, 2.05) is 25.1 Å². The predicted molar refractivity (Wildman–Crippen MR) is 127 cm³/mol. The average molecular weight is 445 g/mol. The number of carbonyl (C=O) groups is 1. The lowest BCUT2D eigenvalue weighted by atomic mass is 9.48. The molecule has 1 unspecified atom stereocenters. The molecule has 4 nitrogen and oxygen atoms in total. The Bertz CT molecular complexity index is 1030. The molecule has 1 atom stereocenters. The summed E-state index contributed by atoms with van der Waals surface area (Å²) in [5.74, 6) is 6.06. The lowest BCUT2D eigenvalue weighted by Crippen LogP contribution is -2.48. The third kappa shape index (κ3) is 4.66. The van der Waals surface area contributed by atoms with E-state index in [0.717, 1.165) is 29.1 Å². The van der Waals surface area contributed by atoms with Crippen LogP contribution in [0.1, 0.15) is 66.9 Å². The van der Waals surface area contributed by atoms with Gasteiger partial charge in [0, 0.05) is 23.7 Å². The number of hydrogen-bond donors (Lipinski definition) is 1. The molecule has 2 aromatic carbocycles. The SMILES string of the molecule is CC(CO)COc1ccc(C#COC(=O)c2ccccc2)cc1C12CC3CC(CC(C3)C1)C2. The second-order valence-electron chi connectivity index (χ2n) is 10.5. The zero-order chi connectivity index (χ0) is 22.8. The van der Waals surface area contributed by atoms with Gasteiger partial charge in [0.05, 0.1) is 12.2 Å². The minimum atomic E-state index is -0.442. The molecule has 4 aliphatic carbocycles. The largest absolute Gasteiger partial charge is 0.493 e. The van der Waals surface area contributed by atoms with Gasteiger partial charge in [-0.3, -0.25) is 0 Å². The number of rotatable bonds is 6. The lowest BCUT2D eigenvalue weighted by Gasteiger charge is -2.57. The summed E-state index contributed by atoms with van der Waals surface area (Å²) in [6, 6.07) is 15.0. The van der Waals surface area contributed by atoms with Crippen LogP contribution >= 0.6 is 0 Å². The predicted octanol–water partition coefficient (Wildman–Crippen LogP) is 5.33. The third-order valence-electron chi connectivity index (χ3n) is 7.77. The second-order valence-corrected chi connectivity index (χ2v) is 10.5. The monoisotopic (exact) mass is 444 g/mol. The number of benzene rings is 2. The summed E-state index contributed by atoms with van der Waals surface area (Å²) in [7, 11) is 0. The first kappa shape index (κ1) is 22.0. The van der Waals surface area contributed by atoms with Crippen LogP contribution in [-0.4, -0.2) is 24.3 Å². The van der Waals surface area contributed by atoms with Crippen molar-refractivity contribution in [2.45, 2.75) is 50.9 Å². The fourth-order valence-electron chi connectivity index (χ4n) is 6.64. The van der Waals surface area contributed by atoms with E-state index in [4.69, 9.17) is 9.47 Å². The summed E-state index contributed by atoms with van der Waals surface area (Å²) in [5, 5.41) is 9.44. The Morgan fingerprint density at radius 3 is 2.36 bits per heavy atom. The van der Waals surface area contributed by atoms with E-state index in [2.05, 4.69) is 18.1 Å². The minimum absolute atomic E-state index is 0.0890. The summed E-state index contributed by atoms with van der Waals surface area (Å²) >= 11 is 0.